The van der Waals surface area contributed by atoms with E-state index in [1.54, 1.807) is 6.92 Å². The molecular formula is C24H22O7S. The van der Waals surface area contributed by atoms with Crippen LogP contribution in [-0.2, 0) is 31.0 Å². The molecule has 0 amide bonds. The number of phenols is 2. The molecule has 2 aliphatic rings. The van der Waals surface area contributed by atoms with Crippen molar-refractivity contribution in [2.24, 2.45) is 5.92 Å². The van der Waals surface area contributed by atoms with Crippen LogP contribution in [0.25, 0.3) is 0 Å². The second-order valence-corrected chi connectivity index (χ2v) is 9.57. The van der Waals surface area contributed by atoms with Gasteiger partial charge in [0.25, 0.3) is 0 Å². The molecule has 3 atom stereocenters. The van der Waals surface area contributed by atoms with Gasteiger partial charge in [-0.25, -0.2) is 0 Å². The first-order valence-electron chi connectivity index (χ1n) is 10.2. The predicted octanol–water partition coefficient (Wildman–Crippen LogP) is 3.03. The summed E-state index contributed by atoms with van der Waals surface area (Å²) in [6.45, 7) is 3.08. The van der Waals surface area contributed by atoms with Crippen LogP contribution < -0.4 is 4.74 Å². The Morgan fingerprint density at radius 1 is 1.12 bits per heavy atom. The zero-order valence-electron chi connectivity index (χ0n) is 17.6. The van der Waals surface area contributed by atoms with Crippen LogP contribution in [0.1, 0.15) is 36.5 Å². The quantitative estimate of drug-likeness (QED) is 0.505. The number of ketones is 2. The van der Waals surface area contributed by atoms with E-state index in [1.807, 2.05) is 30.3 Å². The summed E-state index contributed by atoms with van der Waals surface area (Å²) in [6, 6.07) is 9.08. The number of carbonyl (C=O) groups is 4. The molecule has 0 aromatic heterocycles. The standard InChI is InChI=1S/C24H22O7S/c1-13-19(28)16(9-11-26)21-18(20(13)29)23(2)22(30)15(8-10-25)17(27)12-24(23,31-21)32-14-6-4-3-5-7-14/h3-7,10-11,15,28-29H,8-9,12H2,1-2H3/t15?,23?,24-/m1/s1. The van der Waals surface area contributed by atoms with Crippen molar-refractivity contribution in [2.75, 3.05) is 0 Å². The van der Waals surface area contributed by atoms with Crippen molar-refractivity contribution in [2.45, 2.75) is 48.4 Å². The Kier molecular flexibility index (Phi) is 5.36. The molecule has 0 saturated heterocycles. The highest BCUT2D eigenvalue weighted by atomic mass is 32.2. The molecule has 1 fully saturated rings. The summed E-state index contributed by atoms with van der Waals surface area (Å²) in [5, 5.41) is 21.6. The molecule has 0 bridgehead atoms. The minimum Gasteiger partial charge on any atom is -0.507 e. The van der Waals surface area contributed by atoms with Crippen molar-refractivity contribution in [3.63, 3.8) is 0 Å². The first-order valence-corrected chi connectivity index (χ1v) is 11.0. The van der Waals surface area contributed by atoms with E-state index in [-0.39, 0.29) is 53.2 Å². The van der Waals surface area contributed by atoms with Gasteiger partial charge < -0.3 is 24.5 Å². The third-order valence-electron chi connectivity index (χ3n) is 6.51. The van der Waals surface area contributed by atoms with E-state index in [0.717, 1.165) is 4.90 Å². The fraction of sp³-hybridized carbons (Fsp3) is 0.333. The Bertz CT molecular complexity index is 1140. The lowest BCUT2D eigenvalue weighted by Crippen LogP contribution is -2.60. The summed E-state index contributed by atoms with van der Waals surface area (Å²) in [4.78, 5) is 48.6. The number of thioether (sulfide) groups is 1. The molecule has 2 unspecified atom stereocenters. The van der Waals surface area contributed by atoms with Crippen LogP contribution in [0.2, 0.25) is 0 Å². The van der Waals surface area contributed by atoms with Gasteiger partial charge in [0.2, 0.25) is 0 Å². The SMILES string of the molecule is Cc1c(O)c(CC=O)c2c(c1O)C1(C)C(=O)C(CC=O)C(=O)C[C@]1(Sc1ccccc1)O2. The van der Waals surface area contributed by atoms with Gasteiger partial charge in [-0.3, -0.25) is 9.59 Å². The van der Waals surface area contributed by atoms with Gasteiger partial charge in [-0.2, -0.15) is 0 Å². The van der Waals surface area contributed by atoms with Crippen LogP contribution in [0.15, 0.2) is 35.2 Å². The Morgan fingerprint density at radius 2 is 1.81 bits per heavy atom. The molecular weight excluding hydrogens is 432 g/mol. The third kappa shape index (κ3) is 2.89. The fourth-order valence-electron chi connectivity index (χ4n) is 4.74. The van der Waals surface area contributed by atoms with E-state index in [0.29, 0.717) is 12.6 Å². The third-order valence-corrected chi connectivity index (χ3v) is 7.99. The largest absolute Gasteiger partial charge is 0.507 e. The number of hydrogen-bond donors (Lipinski definition) is 2. The monoisotopic (exact) mass is 454 g/mol. The Hall–Kier alpha value is -3.13. The van der Waals surface area contributed by atoms with Gasteiger partial charge in [0, 0.05) is 28.9 Å². The molecule has 7 nitrogen and oxygen atoms in total. The van der Waals surface area contributed by atoms with Gasteiger partial charge in [-0.05, 0) is 26.0 Å². The molecule has 1 saturated carbocycles. The highest BCUT2D eigenvalue weighted by molar-refractivity contribution is 8.00. The molecule has 1 aliphatic carbocycles. The van der Waals surface area contributed by atoms with Gasteiger partial charge in [0.1, 0.15) is 41.0 Å². The molecule has 0 radical (unpaired) electrons. The summed E-state index contributed by atoms with van der Waals surface area (Å²) < 4.78 is 6.33. The van der Waals surface area contributed by atoms with Crippen molar-refractivity contribution < 1.29 is 34.1 Å². The maximum absolute atomic E-state index is 13.8. The summed E-state index contributed by atoms with van der Waals surface area (Å²) in [5.74, 6) is -2.68. The van der Waals surface area contributed by atoms with E-state index in [1.165, 1.54) is 18.7 Å². The van der Waals surface area contributed by atoms with Crippen LogP contribution in [0.3, 0.4) is 0 Å². The topological polar surface area (TPSA) is 118 Å². The van der Waals surface area contributed by atoms with Gasteiger partial charge in [0.05, 0.1) is 17.9 Å². The summed E-state index contributed by atoms with van der Waals surface area (Å²) in [5.41, 5.74) is -1.10. The first kappa shape index (κ1) is 22.1. The number of hydrogen-bond acceptors (Lipinski definition) is 8. The summed E-state index contributed by atoms with van der Waals surface area (Å²) in [7, 11) is 0. The number of carbonyl (C=O) groups excluding carboxylic acids is 4. The molecule has 4 rings (SSSR count). The molecule has 2 aromatic rings. The Morgan fingerprint density at radius 3 is 2.44 bits per heavy atom. The van der Waals surface area contributed by atoms with E-state index < -0.39 is 27.8 Å². The van der Waals surface area contributed by atoms with Crippen LogP contribution in [0.5, 0.6) is 17.2 Å². The lowest BCUT2D eigenvalue weighted by Gasteiger charge is -2.45. The van der Waals surface area contributed by atoms with Crippen LogP contribution in [0.4, 0.5) is 0 Å². The maximum atomic E-state index is 13.8. The van der Waals surface area contributed by atoms with Gasteiger partial charge >= 0.3 is 0 Å². The number of fused-ring (bicyclic) bond motifs is 3. The minimum absolute atomic E-state index is 0.0385. The smallest absolute Gasteiger partial charge is 0.182 e. The van der Waals surface area contributed by atoms with Crippen molar-refractivity contribution in [3.05, 3.63) is 47.0 Å². The lowest BCUT2D eigenvalue weighted by molar-refractivity contribution is -0.146. The van der Waals surface area contributed by atoms with Crippen LogP contribution in [0, 0.1) is 12.8 Å². The molecule has 2 N–H and O–H groups in total. The number of Topliss-reactive ketones (excluding diaryl/α,β-unsaturated/α-hetero) is 2. The molecule has 1 heterocycles. The highest BCUT2D eigenvalue weighted by Gasteiger charge is 2.69. The van der Waals surface area contributed by atoms with Gasteiger partial charge in [-0.1, -0.05) is 30.0 Å². The molecule has 1 aliphatic heterocycles. The number of rotatable bonds is 6. The van der Waals surface area contributed by atoms with Crippen molar-refractivity contribution in [1.29, 1.82) is 0 Å². The highest BCUT2D eigenvalue weighted by Crippen LogP contribution is 2.65. The van der Waals surface area contributed by atoms with E-state index in [2.05, 4.69) is 0 Å². The van der Waals surface area contributed by atoms with Crippen LogP contribution >= 0.6 is 11.8 Å². The lowest BCUT2D eigenvalue weighted by atomic mass is 9.63. The zero-order chi connectivity index (χ0) is 23.3. The second-order valence-electron chi connectivity index (χ2n) is 8.23. The van der Waals surface area contributed by atoms with Crippen molar-refractivity contribution in [3.8, 4) is 17.2 Å². The second kappa shape index (κ2) is 7.78. The van der Waals surface area contributed by atoms with Crippen LogP contribution in [-0.4, -0.2) is 39.3 Å². The average molecular weight is 455 g/mol. The average Bonchev–Trinajstić information content (AvgIpc) is 3.03. The summed E-state index contributed by atoms with van der Waals surface area (Å²) >= 11 is 1.18. The first-order chi connectivity index (χ1) is 15.2. The van der Waals surface area contributed by atoms with Crippen molar-refractivity contribution >= 4 is 35.9 Å². The normalized spacial score (nSPS) is 26.2. The zero-order valence-corrected chi connectivity index (χ0v) is 18.4. The Labute approximate surface area is 188 Å². The Balaban J connectivity index is 2.02. The number of phenolic OH excluding ortho intramolecular Hbond substituents is 2. The maximum Gasteiger partial charge on any atom is 0.182 e. The molecule has 8 heteroatoms. The molecule has 166 valence electrons. The van der Waals surface area contributed by atoms with E-state index in [9.17, 15) is 29.4 Å². The summed E-state index contributed by atoms with van der Waals surface area (Å²) in [6.07, 6.45) is 0.489. The van der Waals surface area contributed by atoms with Gasteiger partial charge in [0.15, 0.2) is 10.7 Å². The number of ether oxygens (including phenoxy) is 1. The molecule has 2 aromatic carbocycles. The number of aromatic hydroxyl groups is 2. The van der Waals surface area contributed by atoms with Gasteiger partial charge in [-0.15, -0.1) is 0 Å². The molecule has 32 heavy (non-hydrogen) atoms. The van der Waals surface area contributed by atoms with Crippen molar-refractivity contribution in [1.82, 2.24) is 0 Å². The van der Waals surface area contributed by atoms with E-state index >= 15 is 0 Å². The number of benzene rings is 2. The van der Waals surface area contributed by atoms with E-state index in [4.69, 9.17) is 4.74 Å². The molecule has 0 spiro atoms. The number of aldehydes is 2. The predicted molar refractivity (Wildman–Crippen MR) is 116 cm³/mol. The minimum atomic E-state index is -1.51. The fourth-order valence-corrected chi connectivity index (χ4v) is 6.16.